The lowest BCUT2D eigenvalue weighted by Crippen LogP contribution is -2.48. The van der Waals surface area contributed by atoms with Crippen LogP contribution in [0.2, 0.25) is 0 Å². The zero-order chi connectivity index (χ0) is 12.7. The number of nitrogens with zero attached hydrogens (tertiary/aromatic N) is 1. The Morgan fingerprint density at radius 3 is 2.25 bits per heavy atom. The Kier molecular flexibility index (Phi) is 7.34. The van der Waals surface area contributed by atoms with Crippen LogP contribution in [0.15, 0.2) is 0 Å². The Hall–Kier alpha value is -0.610. The molecule has 96 valence electrons. The molecule has 0 radical (unpaired) electrons. The van der Waals surface area contributed by atoms with Gasteiger partial charge in [0.1, 0.15) is 0 Å². The number of aliphatic hydroxyl groups excluding tert-OH is 1. The minimum absolute atomic E-state index is 0.00264. The van der Waals surface area contributed by atoms with Crippen molar-refractivity contribution in [3.63, 3.8) is 0 Å². The average Bonchev–Trinajstić information content (AvgIpc) is 2.16. The first-order chi connectivity index (χ1) is 7.40. The lowest BCUT2D eigenvalue weighted by Gasteiger charge is -2.29. The van der Waals surface area contributed by atoms with E-state index >= 15 is 0 Å². The Balaban J connectivity index is 4.36. The number of rotatable bonds is 7. The van der Waals surface area contributed by atoms with Gasteiger partial charge in [-0.2, -0.15) is 0 Å². The molecule has 0 saturated carbocycles. The number of carbonyl (C=O) groups excluding carboxylic acids is 1. The van der Waals surface area contributed by atoms with Crippen LogP contribution < -0.4 is 5.73 Å². The van der Waals surface area contributed by atoms with Gasteiger partial charge < -0.3 is 15.7 Å². The lowest BCUT2D eigenvalue weighted by atomic mass is 10.0. The van der Waals surface area contributed by atoms with Gasteiger partial charge in [0.25, 0.3) is 0 Å². The zero-order valence-corrected chi connectivity index (χ0v) is 10.9. The third-order valence-corrected chi connectivity index (χ3v) is 2.51. The molecule has 4 nitrogen and oxygen atoms in total. The topological polar surface area (TPSA) is 66.6 Å². The molecule has 0 aromatic rings. The summed E-state index contributed by atoms with van der Waals surface area (Å²) >= 11 is 0. The molecule has 1 amide bonds. The summed E-state index contributed by atoms with van der Waals surface area (Å²) in [4.78, 5) is 13.8. The summed E-state index contributed by atoms with van der Waals surface area (Å²) in [5.74, 6) is 0.419. The molecule has 0 spiro atoms. The molecule has 1 atom stereocenters. The summed E-state index contributed by atoms with van der Waals surface area (Å²) in [5.41, 5.74) is 5.87. The smallest absolute Gasteiger partial charge is 0.239 e. The van der Waals surface area contributed by atoms with Gasteiger partial charge in [-0.25, -0.2) is 0 Å². The normalized spacial score (nSPS) is 13.2. The molecule has 0 heterocycles. The fraction of sp³-hybridized carbons (Fsp3) is 0.917. The summed E-state index contributed by atoms with van der Waals surface area (Å²) in [6.45, 7) is 8.74. The van der Waals surface area contributed by atoms with Gasteiger partial charge in [0.15, 0.2) is 0 Å². The van der Waals surface area contributed by atoms with Crippen LogP contribution in [0.25, 0.3) is 0 Å². The highest BCUT2D eigenvalue weighted by atomic mass is 16.3. The second-order valence-electron chi connectivity index (χ2n) is 4.94. The highest BCUT2D eigenvalue weighted by Crippen LogP contribution is 2.09. The molecule has 16 heavy (non-hydrogen) atoms. The molecular formula is C12H26N2O2. The van der Waals surface area contributed by atoms with Crippen LogP contribution in [0.3, 0.4) is 0 Å². The van der Waals surface area contributed by atoms with E-state index in [4.69, 9.17) is 10.8 Å². The van der Waals surface area contributed by atoms with Crippen LogP contribution in [0.5, 0.6) is 0 Å². The van der Waals surface area contributed by atoms with Crippen molar-refractivity contribution in [2.45, 2.75) is 52.6 Å². The monoisotopic (exact) mass is 230 g/mol. The molecule has 0 aromatic heterocycles. The van der Waals surface area contributed by atoms with Crippen molar-refractivity contribution in [2.24, 2.45) is 11.7 Å². The van der Waals surface area contributed by atoms with Crippen molar-refractivity contribution in [1.29, 1.82) is 0 Å². The summed E-state index contributed by atoms with van der Waals surface area (Å²) < 4.78 is 0. The van der Waals surface area contributed by atoms with Crippen LogP contribution in [0.1, 0.15) is 40.5 Å². The van der Waals surface area contributed by atoms with E-state index < -0.39 is 6.04 Å². The largest absolute Gasteiger partial charge is 0.396 e. The second-order valence-corrected chi connectivity index (χ2v) is 4.94. The molecule has 0 rings (SSSR count). The molecule has 0 aliphatic heterocycles. The van der Waals surface area contributed by atoms with Crippen molar-refractivity contribution in [1.82, 2.24) is 4.90 Å². The quantitative estimate of drug-likeness (QED) is 0.685. The minimum atomic E-state index is -0.416. The molecular weight excluding hydrogens is 204 g/mol. The van der Waals surface area contributed by atoms with Gasteiger partial charge in [-0.1, -0.05) is 13.8 Å². The third-order valence-electron chi connectivity index (χ3n) is 2.51. The average molecular weight is 230 g/mol. The third kappa shape index (κ3) is 5.47. The maximum Gasteiger partial charge on any atom is 0.239 e. The van der Waals surface area contributed by atoms with Crippen molar-refractivity contribution in [3.8, 4) is 0 Å². The molecule has 0 bridgehead atoms. The fourth-order valence-corrected chi connectivity index (χ4v) is 1.69. The van der Waals surface area contributed by atoms with Crippen molar-refractivity contribution in [2.75, 3.05) is 13.2 Å². The first-order valence-electron chi connectivity index (χ1n) is 6.07. The Labute approximate surface area is 98.8 Å². The highest BCUT2D eigenvalue weighted by Gasteiger charge is 2.23. The number of nitrogens with two attached hydrogens (primary N) is 1. The summed E-state index contributed by atoms with van der Waals surface area (Å²) in [7, 11) is 0. The van der Waals surface area contributed by atoms with Gasteiger partial charge >= 0.3 is 0 Å². The SMILES string of the molecule is CC(C)C[C@@H](N)C(=O)N(CCCO)C(C)C. The lowest BCUT2D eigenvalue weighted by molar-refractivity contribution is -0.134. The zero-order valence-electron chi connectivity index (χ0n) is 10.9. The van der Waals surface area contributed by atoms with E-state index in [1.807, 2.05) is 13.8 Å². The Morgan fingerprint density at radius 2 is 1.88 bits per heavy atom. The summed E-state index contributed by atoms with van der Waals surface area (Å²) in [6.07, 6.45) is 1.32. The van der Waals surface area contributed by atoms with Crippen molar-refractivity contribution >= 4 is 5.91 Å². The molecule has 0 aromatic carbocycles. The van der Waals surface area contributed by atoms with E-state index in [2.05, 4.69) is 13.8 Å². The molecule has 0 aliphatic rings. The van der Waals surface area contributed by atoms with E-state index in [1.165, 1.54) is 0 Å². The molecule has 0 unspecified atom stereocenters. The van der Waals surface area contributed by atoms with Gasteiger partial charge in [0.2, 0.25) is 5.91 Å². The fourth-order valence-electron chi connectivity index (χ4n) is 1.69. The molecule has 0 fully saturated rings. The van der Waals surface area contributed by atoms with Crippen LogP contribution in [-0.4, -0.2) is 41.1 Å². The molecule has 4 heteroatoms. The number of hydrogen-bond donors (Lipinski definition) is 2. The summed E-state index contributed by atoms with van der Waals surface area (Å²) in [6, 6.07) is -0.279. The van der Waals surface area contributed by atoms with Crippen molar-refractivity contribution in [3.05, 3.63) is 0 Å². The Bertz CT molecular complexity index is 205. The van der Waals surface area contributed by atoms with Gasteiger partial charge in [0, 0.05) is 19.2 Å². The van der Waals surface area contributed by atoms with Crippen LogP contribution in [0.4, 0.5) is 0 Å². The first-order valence-corrected chi connectivity index (χ1v) is 6.07. The van der Waals surface area contributed by atoms with Crippen molar-refractivity contribution < 1.29 is 9.90 Å². The Morgan fingerprint density at radius 1 is 1.31 bits per heavy atom. The van der Waals surface area contributed by atoms with E-state index in [-0.39, 0.29) is 18.6 Å². The van der Waals surface area contributed by atoms with E-state index in [1.54, 1.807) is 4.90 Å². The number of aliphatic hydroxyl groups is 1. The predicted octanol–water partition coefficient (Wildman–Crippen LogP) is 0.979. The number of hydrogen-bond acceptors (Lipinski definition) is 3. The van der Waals surface area contributed by atoms with E-state index in [0.717, 1.165) is 0 Å². The molecule has 0 saturated heterocycles. The second kappa shape index (κ2) is 7.63. The maximum absolute atomic E-state index is 12.0. The predicted molar refractivity (Wildman–Crippen MR) is 66.0 cm³/mol. The van der Waals surface area contributed by atoms with Gasteiger partial charge in [-0.15, -0.1) is 0 Å². The number of amides is 1. The van der Waals surface area contributed by atoms with E-state index in [9.17, 15) is 4.79 Å². The minimum Gasteiger partial charge on any atom is -0.396 e. The standard InChI is InChI=1S/C12H26N2O2/c1-9(2)8-11(13)12(16)14(10(3)4)6-5-7-15/h9-11,15H,5-8,13H2,1-4H3/t11-/m1/s1. The van der Waals surface area contributed by atoms with Crippen LogP contribution in [0, 0.1) is 5.92 Å². The van der Waals surface area contributed by atoms with Gasteiger partial charge in [-0.05, 0) is 32.6 Å². The maximum atomic E-state index is 12.0. The summed E-state index contributed by atoms with van der Waals surface area (Å²) in [5, 5.41) is 8.79. The highest BCUT2D eigenvalue weighted by molar-refractivity contribution is 5.81. The van der Waals surface area contributed by atoms with E-state index in [0.29, 0.717) is 25.3 Å². The molecule has 0 aliphatic carbocycles. The van der Waals surface area contributed by atoms with Crippen LogP contribution in [-0.2, 0) is 4.79 Å². The molecule has 3 N–H and O–H groups in total. The van der Waals surface area contributed by atoms with Gasteiger partial charge in [-0.3, -0.25) is 4.79 Å². The van der Waals surface area contributed by atoms with Gasteiger partial charge in [0.05, 0.1) is 6.04 Å². The van der Waals surface area contributed by atoms with Crippen LogP contribution >= 0.6 is 0 Å². The first kappa shape index (κ1) is 15.4. The number of carbonyl (C=O) groups is 1.